The molecule has 5 nitrogen and oxygen atoms in total. The first-order chi connectivity index (χ1) is 12.8. The van der Waals surface area contributed by atoms with Crippen molar-refractivity contribution in [1.82, 2.24) is 4.98 Å². The minimum atomic E-state index is -4.90. The van der Waals surface area contributed by atoms with Gasteiger partial charge in [-0.05, 0) is 43.0 Å². The molecule has 1 aromatic carbocycles. The van der Waals surface area contributed by atoms with Gasteiger partial charge in [-0.15, -0.1) is 24.5 Å². The number of nitrogens with two attached hydrogens (primary N) is 1. The number of halogens is 3. The average molecular weight is 394 g/mol. The number of alkyl halides is 3. The second kappa shape index (κ2) is 6.41. The number of nitrogens with zero attached hydrogens (tertiary/aromatic N) is 1. The van der Waals surface area contributed by atoms with E-state index in [0.717, 1.165) is 47.9 Å². The van der Waals surface area contributed by atoms with E-state index in [4.69, 9.17) is 10.5 Å². The van der Waals surface area contributed by atoms with Gasteiger partial charge in [0.25, 0.3) is 0 Å². The molecule has 0 unspecified atom stereocenters. The molecule has 2 aromatic heterocycles. The Labute approximate surface area is 155 Å². The number of pyridine rings is 1. The molecule has 0 atom stereocenters. The van der Waals surface area contributed by atoms with Crippen molar-refractivity contribution in [3.05, 3.63) is 46.5 Å². The summed E-state index contributed by atoms with van der Waals surface area (Å²) in [6.45, 7) is 0. The summed E-state index contributed by atoms with van der Waals surface area (Å²) in [5, 5.41) is 0.660. The Hall–Kier alpha value is -2.81. The maximum absolute atomic E-state index is 12.5. The molecule has 140 valence electrons. The number of rotatable bonds is 3. The summed E-state index contributed by atoms with van der Waals surface area (Å²) in [4.78, 5) is 17.8. The number of nitrogen functional groups attached to an aromatic ring is 1. The first kappa shape index (κ1) is 17.6. The number of aryl methyl sites for hydroxylation is 2. The number of anilines is 1. The second-order valence-electron chi connectivity index (χ2n) is 6.03. The number of para-hydroxylation sites is 2. The van der Waals surface area contributed by atoms with Crippen LogP contribution in [0.15, 0.2) is 30.3 Å². The molecule has 0 radical (unpaired) electrons. The lowest BCUT2D eigenvalue weighted by Gasteiger charge is -2.12. The van der Waals surface area contributed by atoms with Crippen LogP contribution in [0.1, 0.15) is 27.3 Å². The molecule has 1 aliphatic carbocycles. The van der Waals surface area contributed by atoms with Gasteiger partial charge < -0.3 is 15.2 Å². The van der Waals surface area contributed by atoms with Crippen molar-refractivity contribution in [2.75, 3.05) is 5.73 Å². The molecule has 0 saturated carbocycles. The Kier molecular flexibility index (Phi) is 4.18. The molecule has 0 fully saturated rings. The number of aromatic nitrogens is 1. The molecule has 27 heavy (non-hydrogen) atoms. The number of hydrogen-bond acceptors (Lipinski definition) is 6. The summed E-state index contributed by atoms with van der Waals surface area (Å²) >= 11 is 1.06. The van der Waals surface area contributed by atoms with E-state index in [9.17, 15) is 18.0 Å². The number of carbonyl (C=O) groups is 1. The minimum Gasteiger partial charge on any atom is -0.418 e. The van der Waals surface area contributed by atoms with E-state index in [1.54, 1.807) is 0 Å². The topological polar surface area (TPSA) is 74.4 Å². The SMILES string of the molecule is Nc1c(C(=O)Oc2ccccc2OC(F)(F)F)sc2nc3c(cc12)CCC3. The van der Waals surface area contributed by atoms with Crippen LogP contribution in [0.25, 0.3) is 10.2 Å². The minimum absolute atomic E-state index is 0.1000. The molecular formula is C18H13F3N2O3S. The van der Waals surface area contributed by atoms with Gasteiger partial charge in [0, 0.05) is 11.1 Å². The van der Waals surface area contributed by atoms with Crippen molar-refractivity contribution in [3.8, 4) is 11.5 Å². The lowest BCUT2D eigenvalue weighted by Crippen LogP contribution is -2.18. The van der Waals surface area contributed by atoms with E-state index >= 15 is 0 Å². The molecule has 4 rings (SSSR count). The van der Waals surface area contributed by atoms with Crippen molar-refractivity contribution < 1.29 is 27.4 Å². The highest BCUT2D eigenvalue weighted by Gasteiger charge is 2.33. The van der Waals surface area contributed by atoms with Crippen LogP contribution < -0.4 is 15.2 Å². The van der Waals surface area contributed by atoms with Gasteiger partial charge in [0.05, 0.1) is 5.69 Å². The van der Waals surface area contributed by atoms with Crippen LogP contribution in [0.5, 0.6) is 11.5 Å². The van der Waals surface area contributed by atoms with Gasteiger partial charge in [-0.2, -0.15) is 0 Å². The highest BCUT2D eigenvalue weighted by atomic mass is 32.1. The molecule has 0 saturated heterocycles. The number of esters is 1. The molecule has 2 heterocycles. The number of thiophene rings is 1. The fraction of sp³-hybridized carbons (Fsp3) is 0.222. The van der Waals surface area contributed by atoms with E-state index < -0.39 is 18.1 Å². The van der Waals surface area contributed by atoms with Crippen LogP contribution in [-0.2, 0) is 12.8 Å². The fourth-order valence-electron chi connectivity index (χ4n) is 3.04. The normalized spacial score (nSPS) is 13.6. The molecule has 2 N–H and O–H groups in total. The van der Waals surface area contributed by atoms with E-state index in [1.807, 2.05) is 6.07 Å². The lowest BCUT2D eigenvalue weighted by molar-refractivity contribution is -0.275. The summed E-state index contributed by atoms with van der Waals surface area (Å²) < 4.78 is 46.6. The van der Waals surface area contributed by atoms with E-state index in [-0.39, 0.29) is 16.3 Å². The first-order valence-corrected chi connectivity index (χ1v) is 8.91. The fourth-order valence-corrected chi connectivity index (χ4v) is 4.01. The Bertz CT molecular complexity index is 1050. The molecule has 9 heteroatoms. The van der Waals surface area contributed by atoms with E-state index in [2.05, 4.69) is 9.72 Å². The zero-order valence-electron chi connectivity index (χ0n) is 13.8. The number of benzene rings is 1. The Morgan fingerprint density at radius 3 is 2.67 bits per heavy atom. The third-order valence-corrected chi connectivity index (χ3v) is 5.31. The van der Waals surface area contributed by atoms with Crippen molar-refractivity contribution in [1.29, 1.82) is 0 Å². The van der Waals surface area contributed by atoms with Crippen molar-refractivity contribution in [3.63, 3.8) is 0 Å². The maximum Gasteiger partial charge on any atom is 0.573 e. The number of hydrogen-bond donors (Lipinski definition) is 1. The van der Waals surface area contributed by atoms with Crippen molar-refractivity contribution in [2.45, 2.75) is 25.6 Å². The highest BCUT2D eigenvalue weighted by Crippen LogP contribution is 2.38. The largest absolute Gasteiger partial charge is 0.573 e. The van der Waals surface area contributed by atoms with Gasteiger partial charge in [-0.25, -0.2) is 9.78 Å². The van der Waals surface area contributed by atoms with Gasteiger partial charge in [0.15, 0.2) is 11.5 Å². The van der Waals surface area contributed by atoms with Gasteiger partial charge in [-0.3, -0.25) is 0 Å². The monoisotopic (exact) mass is 394 g/mol. The molecule has 0 spiro atoms. The van der Waals surface area contributed by atoms with Crippen LogP contribution in [0, 0.1) is 0 Å². The molecule has 0 amide bonds. The predicted molar refractivity (Wildman–Crippen MR) is 94.1 cm³/mol. The van der Waals surface area contributed by atoms with E-state index in [1.165, 1.54) is 18.2 Å². The van der Waals surface area contributed by atoms with Gasteiger partial charge in [0.2, 0.25) is 0 Å². The van der Waals surface area contributed by atoms with Crippen LogP contribution in [-0.4, -0.2) is 17.3 Å². The summed E-state index contributed by atoms with van der Waals surface area (Å²) in [6, 6.07) is 6.99. The highest BCUT2D eigenvalue weighted by molar-refractivity contribution is 7.21. The van der Waals surface area contributed by atoms with Gasteiger partial charge in [0.1, 0.15) is 9.71 Å². The average Bonchev–Trinajstić information content (AvgIpc) is 3.18. The number of carbonyl (C=O) groups excluding carboxylic acids is 1. The Balaban J connectivity index is 1.66. The zero-order chi connectivity index (χ0) is 19.2. The molecule has 0 aliphatic heterocycles. The van der Waals surface area contributed by atoms with Gasteiger partial charge in [-0.1, -0.05) is 12.1 Å². The maximum atomic E-state index is 12.5. The Morgan fingerprint density at radius 1 is 1.19 bits per heavy atom. The smallest absolute Gasteiger partial charge is 0.418 e. The molecule has 3 aromatic rings. The predicted octanol–water partition coefficient (Wildman–Crippen LogP) is 4.49. The molecular weight excluding hydrogens is 381 g/mol. The number of ether oxygens (including phenoxy) is 2. The van der Waals surface area contributed by atoms with Crippen molar-refractivity contribution in [2.24, 2.45) is 0 Å². The van der Waals surface area contributed by atoms with Crippen LogP contribution in [0.2, 0.25) is 0 Å². The second-order valence-corrected chi connectivity index (χ2v) is 7.03. The number of fused-ring (bicyclic) bond motifs is 2. The van der Waals surface area contributed by atoms with Gasteiger partial charge >= 0.3 is 12.3 Å². The summed E-state index contributed by atoms with van der Waals surface area (Å²) in [6.07, 6.45) is -2.07. The van der Waals surface area contributed by atoms with Crippen molar-refractivity contribution >= 4 is 33.2 Å². The summed E-state index contributed by atoms with van der Waals surface area (Å²) in [7, 11) is 0. The third kappa shape index (κ3) is 3.42. The lowest BCUT2D eigenvalue weighted by atomic mass is 10.1. The summed E-state index contributed by atoms with van der Waals surface area (Å²) in [5.41, 5.74) is 8.41. The standard InChI is InChI=1S/C18H13F3N2O3S/c19-18(20,21)26-13-7-2-1-6-12(13)25-17(24)15-14(22)10-8-9-4-3-5-11(9)23-16(10)27-15/h1-2,6-8H,3-5,22H2. The Morgan fingerprint density at radius 2 is 1.93 bits per heavy atom. The van der Waals surface area contributed by atoms with E-state index in [0.29, 0.717) is 10.2 Å². The zero-order valence-corrected chi connectivity index (χ0v) is 14.6. The first-order valence-electron chi connectivity index (χ1n) is 8.09. The third-order valence-electron chi connectivity index (χ3n) is 4.21. The van der Waals surface area contributed by atoms with Crippen LogP contribution >= 0.6 is 11.3 Å². The molecule has 0 bridgehead atoms. The van der Waals surface area contributed by atoms with Crippen LogP contribution in [0.3, 0.4) is 0 Å². The summed E-state index contributed by atoms with van der Waals surface area (Å²) in [5.74, 6) is -1.80. The van der Waals surface area contributed by atoms with Crippen LogP contribution in [0.4, 0.5) is 18.9 Å². The molecule has 1 aliphatic rings. The quantitative estimate of drug-likeness (QED) is 0.524.